The van der Waals surface area contributed by atoms with Gasteiger partial charge < -0.3 is 15.5 Å². The number of amides is 1. The highest BCUT2D eigenvalue weighted by atomic mass is 79.9. The molecule has 0 unspecified atom stereocenters. The second kappa shape index (κ2) is 7.88. The van der Waals surface area contributed by atoms with Crippen molar-refractivity contribution in [3.8, 4) is 0 Å². The third-order valence-electron chi connectivity index (χ3n) is 2.33. The summed E-state index contributed by atoms with van der Waals surface area (Å²) in [7, 11) is 0. The summed E-state index contributed by atoms with van der Waals surface area (Å²) < 4.78 is 1.63. The number of hydrogen-bond donors (Lipinski definition) is 3. The van der Waals surface area contributed by atoms with Gasteiger partial charge >= 0.3 is 5.97 Å². The second-order valence-electron chi connectivity index (χ2n) is 3.64. The van der Waals surface area contributed by atoms with Crippen LogP contribution >= 0.6 is 63.7 Å². The number of carboxylic acid groups (broad SMARTS) is 1. The lowest BCUT2D eigenvalue weighted by Gasteiger charge is -2.14. The number of aliphatic hydroxyl groups is 1. The van der Waals surface area contributed by atoms with Crippen molar-refractivity contribution >= 4 is 75.6 Å². The maximum absolute atomic E-state index is 12.1. The summed E-state index contributed by atoms with van der Waals surface area (Å²) in [5.41, 5.74) is -0.133. The molecule has 1 rings (SSSR count). The molecule has 1 aromatic rings. The van der Waals surface area contributed by atoms with Crippen molar-refractivity contribution in [1.82, 2.24) is 5.32 Å². The molecule has 110 valence electrons. The third-order valence-corrected chi connectivity index (χ3v) is 7.10. The third kappa shape index (κ3) is 3.82. The molecular weight excluding hydrogens is 530 g/mol. The van der Waals surface area contributed by atoms with Gasteiger partial charge in [0.05, 0.1) is 11.1 Å². The van der Waals surface area contributed by atoms with Crippen LogP contribution in [0.2, 0.25) is 0 Å². The summed E-state index contributed by atoms with van der Waals surface area (Å²) in [5.74, 6) is -1.75. The van der Waals surface area contributed by atoms with E-state index in [1.165, 1.54) is 0 Å². The lowest BCUT2D eigenvalue weighted by atomic mass is 10.1. The minimum atomic E-state index is -1.22. The SMILES string of the molecule is O=C(O)c1c(Br)c(Br)c(Br)c(Br)c1C(=O)NCCCO. The van der Waals surface area contributed by atoms with Gasteiger partial charge in [0.1, 0.15) is 0 Å². The number of halogens is 4. The van der Waals surface area contributed by atoms with E-state index < -0.39 is 11.9 Å². The summed E-state index contributed by atoms with van der Waals surface area (Å²) in [4.78, 5) is 23.5. The van der Waals surface area contributed by atoms with E-state index in [1.807, 2.05) is 0 Å². The molecule has 9 heteroatoms. The van der Waals surface area contributed by atoms with E-state index in [0.717, 1.165) is 0 Å². The van der Waals surface area contributed by atoms with E-state index in [-0.39, 0.29) is 28.8 Å². The molecule has 0 saturated carbocycles. The highest BCUT2D eigenvalue weighted by Gasteiger charge is 2.27. The van der Waals surface area contributed by atoms with E-state index in [0.29, 0.717) is 19.8 Å². The van der Waals surface area contributed by atoms with E-state index >= 15 is 0 Å². The van der Waals surface area contributed by atoms with Crippen molar-refractivity contribution < 1.29 is 19.8 Å². The fourth-order valence-corrected chi connectivity index (χ4v) is 3.88. The number of hydrogen-bond acceptors (Lipinski definition) is 3. The summed E-state index contributed by atoms with van der Waals surface area (Å²) in [6, 6.07) is 0. The molecule has 0 aliphatic heterocycles. The lowest BCUT2D eigenvalue weighted by Crippen LogP contribution is -2.27. The molecule has 0 aliphatic carbocycles. The average Bonchev–Trinajstić information content (AvgIpc) is 2.39. The number of carbonyl (C=O) groups is 2. The van der Waals surface area contributed by atoms with E-state index in [4.69, 9.17) is 5.11 Å². The normalized spacial score (nSPS) is 10.4. The van der Waals surface area contributed by atoms with Gasteiger partial charge in [-0.3, -0.25) is 4.79 Å². The summed E-state index contributed by atoms with van der Waals surface area (Å²) in [6.07, 6.45) is 0.393. The molecule has 0 spiro atoms. The zero-order valence-electron chi connectivity index (χ0n) is 9.84. The Bertz CT molecular complexity index is 562. The van der Waals surface area contributed by atoms with Crippen LogP contribution in [-0.4, -0.2) is 35.2 Å². The Labute approximate surface area is 148 Å². The molecule has 1 aromatic carbocycles. The minimum Gasteiger partial charge on any atom is -0.478 e. The Hall–Kier alpha value is 0.0400. The van der Waals surface area contributed by atoms with Crippen molar-refractivity contribution in [2.24, 2.45) is 0 Å². The van der Waals surface area contributed by atoms with Crippen LogP contribution < -0.4 is 5.32 Å². The monoisotopic (exact) mass is 535 g/mol. The standard InChI is InChI=1S/C11H9Br4NO4/c12-6-4(10(18)16-2-1-3-17)5(11(19)20)7(13)9(15)8(6)14/h17H,1-3H2,(H,16,18)(H,19,20). The van der Waals surface area contributed by atoms with Crippen LogP contribution in [0.4, 0.5) is 0 Å². The molecule has 0 aromatic heterocycles. The first kappa shape index (κ1) is 18.1. The van der Waals surface area contributed by atoms with Gasteiger partial charge in [-0.1, -0.05) is 0 Å². The van der Waals surface area contributed by atoms with Gasteiger partial charge in [0, 0.05) is 31.0 Å². The average molecular weight is 539 g/mol. The van der Waals surface area contributed by atoms with E-state index in [1.54, 1.807) is 0 Å². The molecular formula is C11H9Br4NO4. The van der Waals surface area contributed by atoms with Gasteiger partial charge in [-0.25, -0.2) is 4.79 Å². The smallest absolute Gasteiger partial charge is 0.337 e. The fourth-order valence-electron chi connectivity index (χ4n) is 1.42. The molecule has 0 heterocycles. The Kier molecular flexibility index (Phi) is 7.13. The van der Waals surface area contributed by atoms with Gasteiger partial charge in [0.2, 0.25) is 0 Å². The maximum atomic E-state index is 12.1. The topological polar surface area (TPSA) is 86.6 Å². The molecule has 0 bridgehead atoms. The number of carbonyl (C=O) groups excluding carboxylic acids is 1. The number of aliphatic hydroxyl groups excluding tert-OH is 1. The lowest BCUT2D eigenvalue weighted by molar-refractivity contribution is 0.0689. The first-order valence-electron chi connectivity index (χ1n) is 5.31. The number of rotatable bonds is 5. The number of benzene rings is 1. The zero-order valence-corrected chi connectivity index (χ0v) is 16.2. The van der Waals surface area contributed by atoms with Crippen LogP contribution in [0.25, 0.3) is 0 Å². The van der Waals surface area contributed by atoms with Gasteiger partial charge in [-0.2, -0.15) is 0 Å². The maximum Gasteiger partial charge on any atom is 0.337 e. The van der Waals surface area contributed by atoms with Crippen molar-refractivity contribution in [3.63, 3.8) is 0 Å². The summed E-state index contributed by atoms with van der Waals surface area (Å²) >= 11 is 12.9. The molecule has 0 aliphatic rings. The van der Waals surface area contributed by atoms with Crippen LogP contribution in [0.15, 0.2) is 17.9 Å². The Morgan fingerprint density at radius 2 is 1.45 bits per heavy atom. The second-order valence-corrected chi connectivity index (χ2v) is 6.82. The van der Waals surface area contributed by atoms with Crippen LogP contribution in [0.5, 0.6) is 0 Å². The Morgan fingerprint density at radius 3 is 1.90 bits per heavy atom. The number of carboxylic acids is 1. The molecule has 0 fully saturated rings. The minimum absolute atomic E-state index is 0.0115. The molecule has 3 N–H and O–H groups in total. The Morgan fingerprint density at radius 1 is 0.950 bits per heavy atom. The van der Waals surface area contributed by atoms with Crippen molar-refractivity contribution in [1.29, 1.82) is 0 Å². The predicted molar refractivity (Wildman–Crippen MR) is 88.2 cm³/mol. The van der Waals surface area contributed by atoms with Crippen molar-refractivity contribution in [2.75, 3.05) is 13.2 Å². The highest BCUT2D eigenvalue weighted by molar-refractivity contribution is 9.15. The van der Waals surface area contributed by atoms with Gasteiger partial charge in [-0.15, -0.1) is 0 Å². The number of nitrogens with one attached hydrogen (secondary N) is 1. The quantitative estimate of drug-likeness (QED) is 0.304. The highest BCUT2D eigenvalue weighted by Crippen LogP contribution is 2.42. The van der Waals surface area contributed by atoms with Crippen molar-refractivity contribution in [2.45, 2.75) is 6.42 Å². The van der Waals surface area contributed by atoms with Crippen molar-refractivity contribution in [3.05, 3.63) is 29.0 Å². The molecule has 0 saturated heterocycles. The summed E-state index contributed by atoms with van der Waals surface area (Å²) in [5, 5.41) is 20.6. The van der Waals surface area contributed by atoms with Gasteiger partial charge in [-0.05, 0) is 70.1 Å². The van der Waals surface area contributed by atoms with Crippen LogP contribution in [0.3, 0.4) is 0 Å². The first-order chi connectivity index (χ1) is 9.32. The molecule has 5 nitrogen and oxygen atoms in total. The predicted octanol–water partition coefficient (Wildman–Crippen LogP) is 3.55. The molecule has 0 atom stereocenters. The van der Waals surface area contributed by atoms with Gasteiger partial charge in [0.15, 0.2) is 0 Å². The number of aromatic carboxylic acids is 1. The van der Waals surface area contributed by atoms with Gasteiger partial charge in [0.25, 0.3) is 5.91 Å². The van der Waals surface area contributed by atoms with E-state index in [2.05, 4.69) is 69.0 Å². The fraction of sp³-hybridized carbons (Fsp3) is 0.273. The summed E-state index contributed by atoms with van der Waals surface area (Å²) in [6.45, 7) is 0.201. The Balaban J connectivity index is 3.37. The molecule has 1 amide bonds. The molecule has 20 heavy (non-hydrogen) atoms. The van der Waals surface area contributed by atoms with Crippen LogP contribution in [0.1, 0.15) is 27.1 Å². The first-order valence-corrected chi connectivity index (χ1v) is 8.48. The van der Waals surface area contributed by atoms with Crippen LogP contribution in [-0.2, 0) is 0 Å². The zero-order chi connectivity index (χ0) is 15.4. The molecule has 0 radical (unpaired) electrons. The largest absolute Gasteiger partial charge is 0.478 e. The van der Waals surface area contributed by atoms with E-state index in [9.17, 15) is 14.7 Å². The van der Waals surface area contributed by atoms with Crippen LogP contribution in [0, 0.1) is 0 Å².